The number of nitrogen functional groups attached to an aromatic ring is 1. The van der Waals surface area contributed by atoms with Gasteiger partial charge in [0.25, 0.3) is 5.91 Å². The number of piperidine rings is 1. The van der Waals surface area contributed by atoms with Gasteiger partial charge in [0.2, 0.25) is 0 Å². The average molecular weight is 432 g/mol. The van der Waals surface area contributed by atoms with E-state index in [4.69, 9.17) is 5.73 Å². The van der Waals surface area contributed by atoms with Crippen LogP contribution < -0.4 is 5.73 Å². The Hall–Kier alpha value is -2.61. The van der Waals surface area contributed by atoms with Gasteiger partial charge in [-0.15, -0.1) is 0 Å². The number of rotatable bonds is 3. The molecule has 1 aromatic carbocycles. The number of carbonyl (C=O) groups is 1. The second-order valence-corrected chi connectivity index (χ2v) is 8.43. The molecule has 166 valence electrons. The fraction of sp³-hybridized carbons (Fsp3) is 0.478. The van der Waals surface area contributed by atoms with Gasteiger partial charge in [-0.2, -0.15) is 13.2 Å². The van der Waals surface area contributed by atoms with Gasteiger partial charge in [-0.1, -0.05) is 12.1 Å². The Labute approximate surface area is 180 Å². The molecule has 1 aromatic heterocycles. The molecule has 2 aliphatic heterocycles. The SMILES string of the molecule is Cc1cc(-c2cccc(C(F)(F)F)c2)nc(N)c1C(=O)N1CCC(N2CCCC2)CC1. The van der Waals surface area contributed by atoms with Crippen LogP contribution in [0.3, 0.4) is 0 Å². The van der Waals surface area contributed by atoms with Crippen molar-refractivity contribution >= 4 is 11.7 Å². The number of likely N-dealkylation sites (tertiary alicyclic amines) is 2. The molecule has 0 unspecified atom stereocenters. The smallest absolute Gasteiger partial charge is 0.383 e. The van der Waals surface area contributed by atoms with Gasteiger partial charge in [0.1, 0.15) is 5.82 Å². The van der Waals surface area contributed by atoms with Gasteiger partial charge in [-0.3, -0.25) is 4.79 Å². The van der Waals surface area contributed by atoms with E-state index >= 15 is 0 Å². The van der Waals surface area contributed by atoms with Crippen molar-refractivity contribution in [3.63, 3.8) is 0 Å². The molecule has 2 fully saturated rings. The summed E-state index contributed by atoms with van der Waals surface area (Å²) in [4.78, 5) is 21.8. The number of nitrogens with zero attached hydrogens (tertiary/aromatic N) is 3. The van der Waals surface area contributed by atoms with Crippen molar-refractivity contribution in [2.45, 2.75) is 44.8 Å². The zero-order valence-corrected chi connectivity index (χ0v) is 17.6. The van der Waals surface area contributed by atoms with Crippen molar-refractivity contribution in [3.05, 3.63) is 47.0 Å². The van der Waals surface area contributed by atoms with Gasteiger partial charge in [0, 0.05) is 24.7 Å². The lowest BCUT2D eigenvalue weighted by Crippen LogP contribution is -2.46. The van der Waals surface area contributed by atoms with Crippen molar-refractivity contribution in [1.29, 1.82) is 0 Å². The molecular weight excluding hydrogens is 405 g/mol. The van der Waals surface area contributed by atoms with Crippen molar-refractivity contribution in [3.8, 4) is 11.3 Å². The van der Waals surface area contributed by atoms with Crippen LogP contribution in [-0.4, -0.2) is 52.9 Å². The lowest BCUT2D eigenvalue weighted by atomic mass is 10.00. The summed E-state index contributed by atoms with van der Waals surface area (Å²) in [7, 11) is 0. The van der Waals surface area contributed by atoms with Gasteiger partial charge in [-0.05, 0) is 69.5 Å². The highest BCUT2D eigenvalue weighted by Gasteiger charge is 2.32. The van der Waals surface area contributed by atoms with Gasteiger partial charge in [0.15, 0.2) is 0 Å². The zero-order valence-electron chi connectivity index (χ0n) is 17.6. The van der Waals surface area contributed by atoms with E-state index < -0.39 is 11.7 Å². The minimum atomic E-state index is -4.44. The van der Waals surface area contributed by atoms with E-state index in [1.165, 1.54) is 18.9 Å². The Bertz CT molecular complexity index is 939. The molecule has 1 amide bonds. The van der Waals surface area contributed by atoms with Crippen LogP contribution in [0.2, 0.25) is 0 Å². The van der Waals surface area contributed by atoms with Crippen LogP contribution in [0.4, 0.5) is 19.0 Å². The molecule has 0 spiro atoms. The number of hydrogen-bond acceptors (Lipinski definition) is 4. The van der Waals surface area contributed by atoms with Crippen molar-refractivity contribution < 1.29 is 18.0 Å². The molecule has 0 atom stereocenters. The molecule has 3 heterocycles. The maximum Gasteiger partial charge on any atom is 0.416 e. The number of halogens is 3. The van der Waals surface area contributed by atoms with Crippen LogP contribution >= 0.6 is 0 Å². The molecule has 31 heavy (non-hydrogen) atoms. The third-order valence-corrected chi connectivity index (χ3v) is 6.35. The number of aromatic nitrogens is 1. The summed E-state index contributed by atoms with van der Waals surface area (Å²) in [6, 6.07) is 7.13. The minimum absolute atomic E-state index is 0.0547. The Balaban J connectivity index is 1.52. The Morgan fingerprint density at radius 2 is 1.77 bits per heavy atom. The average Bonchev–Trinajstić information content (AvgIpc) is 3.27. The summed E-state index contributed by atoms with van der Waals surface area (Å²) >= 11 is 0. The summed E-state index contributed by atoms with van der Waals surface area (Å²) in [6.07, 6.45) is -0.0495. The lowest BCUT2D eigenvalue weighted by molar-refractivity contribution is -0.137. The second-order valence-electron chi connectivity index (χ2n) is 8.43. The predicted molar refractivity (Wildman–Crippen MR) is 114 cm³/mol. The van der Waals surface area contributed by atoms with E-state index in [-0.39, 0.29) is 11.7 Å². The zero-order chi connectivity index (χ0) is 22.2. The maximum atomic E-state index is 13.1. The van der Waals surface area contributed by atoms with Crippen molar-refractivity contribution in [1.82, 2.24) is 14.8 Å². The molecule has 2 aliphatic rings. The van der Waals surface area contributed by atoms with Crippen LogP contribution in [0.1, 0.15) is 47.2 Å². The molecule has 5 nitrogen and oxygen atoms in total. The van der Waals surface area contributed by atoms with Crippen LogP contribution in [-0.2, 0) is 6.18 Å². The molecule has 2 N–H and O–H groups in total. The molecule has 0 aliphatic carbocycles. The van der Waals surface area contributed by atoms with Crippen molar-refractivity contribution in [2.75, 3.05) is 31.9 Å². The normalized spacial score (nSPS) is 18.5. The number of aryl methyl sites for hydroxylation is 1. The third-order valence-electron chi connectivity index (χ3n) is 6.35. The summed E-state index contributed by atoms with van der Waals surface area (Å²) in [5, 5.41) is 0. The number of benzene rings is 1. The highest BCUT2D eigenvalue weighted by Crippen LogP contribution is 2.33. The van der Waals surface area contributed by atoms with E-state index in [1.807, 2.05) is 4.90 Å². The van der Waals surface area contributed by atoms with E-state index in [2.05, 4.69) is 9.88 Å². The van der Waals surface area contributed by atoms with E-state index in [0.717, 1.165) is 38.1 Å². The topological polar surface area (TPSA) is 62.5 Å². The number of alkyl halides is 3. The molecular formula is C23H27F3N4O. The molecule has 4 rings (SSSR count). The summed E-state index contributed by atoms with van der Waals surface area (Å²) in [6.45, 7) is 5.39. The van der Waals surface area contributed by atoms with Gasteiger partial charge >= 0.3 is 6.18 Å². The fourth-order valence-corrected chi connectivity index (χ4v) is 4.68. The summed E-state index contributed by atoms with van der Waals surface area (Å²) < 4.78 is 39.1. The molecule has 0 saturated carbocycles. The Morgan fingerprint density at radius 1 is 1.10 bits per heavy atom. The van der Waals surface area contributed by atoms with Crippen LogP contribution in [0.25, 0.3) is 11.3 Å². The number of hydrogen-bond donors (Lipinski definition) is 1. The van der Waals surface area contributed by atoms with E-state index in [1.54, 1.807) is 19.1 Å². The monoisotopic (exact) mass is 432 g/mol. The van der Waals surface area contributed by atoms with E-state index in [9.17, 15) is 18.0 Å². The number of pyridine rings is 1. The predicted octanol–water partition coefficient (Wildman–Crippen LogP) is 4.36. The first-order valence-electron chi connectivity index (χ1n) is 10.7. The molecule has 2 aromatic rings. The summed E-state index contributed by atoms with van der Waals surface area (Å²) in [5.41, 5.74) is 6.98. The van der Waals surface area contributed by atoms with Crippen molar-refractivity contribution in [2.24, 2.45) is 0 Å². The van der Waals surface area contributed by atoms with Crippen LogP contribution in [0.5, 0.6) is 0 Å². The fourth-order valence-electron chi connectivity index (χ4n) is 4.68. The third kappa shape index (κ3) is 4.54. The Morgan fingerprint density at radius 3 is 2.39 bits per heavy atom. The Kier molecular flexibility index (Phi) is 5.92. The second kappa shape index (κ2) is 8.49. The van der Waals surface area contributed by atoms with Crippen LogP contribution in [0.15, 0.2) is 30.3 Å². The molecule has 8 heteroatoms. The van der Waals surface area contributed by atoms with Gasteiger partial charge < -0.3 is 15.5 Å². The molecule has 0 radical (unpaired) electrons. The quantitative estimate of drug-likeness (QED) is 0.783. The highest BCUT2D eigenvalue weighted by molar-refractivity contribution is 6.00. The van der Waals surface area contributed by atoms with Gasteiger partial charge in [-0.25, -0.2) is 4.98 Å². The van der Waals surface area contributed by atoms with Crippen LogP contribution in [0, 0.1) is 6.92 Å². The molecule has 0 bridgehead atoms. The van der Waals surface area contributed by atoms with Gasteiger partial charge in [0.05, 0.1) is 16.8 Å². The largest absolute Gasteiger partial charge is 0.416 e. The number of amides is 1. The minimum Gasteiger partial charge on any atom is -0.383 e. The first kappa shape index (κ1) is 21.6. The standard InChI is InChI=1S/C23H27F3N4O/c1-15-13-19(16-5-4-6-17(14-16)23(24,25)26)28-21(27)20(15)22(31)30-11-7-18(8-12-30)29-9-2-3-10-29/h4-6,13-14,18H,2-3,7-12H2,1H3,(H2,27,28). The molecule has 2 saturated heterocycles. The summed E-state index contributed by atoms with van der Waals surface area (Å²) in [5.74, 6) is -0.1000. The number of carbonyl (C=O) groups excluding carboxylic acids is 1. The highest BCUT2D eigenvalue weighted by atomic mass is 19.4. The first-order valence-corrected chi connectivity index (χ1v) is 10.7. The number of nitrogens with two attached hydrogens (primary N) is 1. The number of anilines is 1. The maximum absolute atomic E-state index is 13.1. The first-order chi connectivity index (χ1) is 14.7. The van der Waals surface area contributed by atoms with E-state index in [0.29, 0.717) is 41.5 Å². The lowest BCUT2D eigenvalue weighted by Gasteiger charge is -2.37.